The van der Waals surface area contributed by atoms with Crippen LogP contribution in [0.1, 0.15) is 21.7 Å². The third kappa shape index (κ3) is 5.02. The molecule has 12 heteroatoms. The lowest BCUT2D eigenvalue weighted by atomic mass is 10.2. The van der Waals surface area contributed by atoms with Crippen molar-refractivity contribution in [2.24, 2.45) is 0 Å². The normalized spacial score (nSPS) is 10.3. The van der Waals surface area contributed by atoms with Gasteiger partial charge in [-0.1, -0.05) is 11.6 Å². The van der Waals surface area contributed by atoms with Crippen LogP contribution < -0.4 is 19.5 Å². The van der Waals surface area contributed by atoms with Crippen LogP contribution >= 0.6 is 11.6 Å². The monoisotopic (exact) mass is 476 g/mol. The maximum absolute atomic E-state index is 14.3. The minimum absolute atomic E-state index is 0.0709. The molecule has 0 fully saturated rings. The molecule has 0 amide bonds. The molecule has 0 aliphatic carbocycles. The van der Waals surface area contributed by atoms with Gasteiger partial charge in [-0.25, -0.2) is 23.5 Å². The van der Waals surface area contributed by atoms with Gasteiger partial charge in [0.1, 0.15) is 29.8 Å². The highest BCUT2D eigenvalue weighted by atomic mass is 35.5. The molecule has 0 radical (unpaired) electrons. The fourth-order valence-corrected chi connectivity index (χ4v) is 2.97. The minimum Gasteiger partial charge on any atom is -0.496 e. The van der Waals surface area contributed by atoms with Crippen LogP contribution in [0.2, 0.25) is 5.02 Å². The van der Waals surface area contributed by atoms with Gasteiger partial charge in [0, 0.05) is 18.3 Å². The van der Waals surface area contributed by atoms with Gasteiger partial charge in [0.15, 0.2) is 23.1 Å². The molecule has 2 aromatic carbocycles. The summed E-state index contributed by atoms with van der Waals surface area (Å²) in [6.45, 7) is -0.420. The molecule has 2 N–H and O–H groups in total. The molecule has 1 heterocycles. The molecule has 0 saturated heterocycles. The van der Waals surface area contributed by atoms with Gasteiger partial charge < -0.3 is 24.6 Å². The van der Waals surface area contributed by atoms with E-state index in [4.69, 9.17) is 31.1 Å². The summed E-state index contributed by atoms with van der Waals surface area (Å²) in [4.78, 5) is 19.0. The minimum atomic E-state index is -1.34. The first-order valence-electron chi connectivity index (χ1n) is 9.07. The predicted molar refractivity (Wildman–Crippen MR) is 112 cm³/mol. The van der Waals surface area contributed by atoms with E-state index in [0.717, 1.165) is 12.3 Å². The molecule has 0 spiro atoms. The largest absolute Gasteiger partial charge is 0.496 e. The number of carboxylic acids is 1. The van der Waals surface area contributed by atoms with Crippen molar-refractivity contribution in [1.82, 2.24) is 9.97 Å². The number of ether oxygens (including phenoxy) is 3. The van der Waals surface area contributed by atoms with Gasteiger partial charge in [-0.2, -0.15) is 5.26 Å². The molecule has 33 heavy (non-hydrogen) atoms. The summed E-state index contributed by atoms with van der Waals surface area (Å²) in [7, 11) is 2.65. The Hall–Kier alpha value is -4.17. The van der Waals surface area contributed by atoms with Crippen molar-refractivity contribution in [2.45, 2.75) is 6.61 Å². The standard InChI is InChI=1S/C21H15ClF2N4O5/c1-31-15-4-3-13(23)19(24)11(15)9-33-17-6-14(12(22)5-16(17)32-2)27-20-10(21(29)30)8-26-18(7-25)28-20/h3-6,8H,9H2,1-2H3,(H,29,30)(H,26,27,28). The van der Waals surface area contributed by atoms with E-state index in [1.165, 1.54) is 32.4 Å². The van der Waals surface area contributed by atoms with Crippen LogP contribution in [0.3, 0.4) is 0 Å². The zero-order valence-corrected chi connectivity index (χ0v) is 17.9. The molecule has 3 rings (SSSR count). The fraction of sp³-hybridized carbons (Fsp3) is 0.143. The van der Waals surface area contributed by atoms with Crippen molar-refractivity contribution in [3.63, 3.8) is 0 Å². The molecule has 9 nitrogen and oxygen atoms in total. The number of aromatic carboxylic acids is 1. The van der Waals surface area contributed by atoms with Crippen LogP contribution in [0.4, 0.5) is 20.3 Å². The highest BCUT2D eigenvalue weighted by Crippen LogP contribution is 2.38. The average Bonchev–Trinajstić information content (AvgIpc) is 2.81. The van der Waals surface area contributed by atoms with Gasteiger partial charge in [0.2, 0.25) is 5.82 Å². The number of aromatic nitrogens is 2. The second kappa shape index (κ2) is 9.97. The first kappa shape index (κ1) is 23.5. The topological polar surface area (TPSA) is 127 Å². The lowest BCUT2D eigenvalue weighted by molar-refractivity contribution is 0.0697. The number of methoxy groups -OCH3 is 2. The number of halogens is 3. The number of hydrogen-bond donors (Lipinski definition) is 2. The van der Waals surface area contributed by atoms with E-state index in [9.17, 15) is 18.7 Å². The summed E-state index contributed by atoms with van der Waals surface area (Å²) >= 11 is 6.26. The average molecular weight is 477 g/mol. The smallest absolute Gasteiger partial charge is 0.341 e. The van der Waals surface area contributed by atoms with Gasteiger partial charge in [0.25, 0.3) is 0 Å². The predicted octanol–water partition coefficient (Wildman–Crippen LogP) is 4.32. The Kier molecular flexibility index (Phi) is 7.10. The van der Waals surface area contributed by atoms with Crippen molar-refractivity contribution in [3.8, 4) is 23.3 Å². The summed E-state index contributed by atoms with van der Waals surface area (Å²) in [5.74, 6) is -3.67. The summed E-state index contributed by atoms with van der Waals surface area (Å²) < 4.78 is 43.9. The van der Waals surface area contributed by atoms with Gasteiger partial charge >= 0.3 is 5.97 Å². The molecule has 3 aromatic rings. The van der Waals surface area contributed by atoms with Crippen LogP contribution in [-0.2, 0) is 6.61 Å². The third-order valence-corrected chi connectivity index (χ3v) is 4.68. The number of carboxylic acid groups (broad SMARTS) is 1. The second-order valence-corrected chi connectivity index (χ2v) is 6.72. The Morgan fingerprint density at radius 2 is 1.94 bits per heavy atom. The summed E-state index contributed by atoms with van der Waals surface area (Å²) in [5.41, 5.74) is -0.328. The van der Waals surface area contributed by atoms with Crippen LogP contribution in [-0.4, -0.2) is 35.3 Å². The lowest BCUT2D eigenvalue weighted by Gasteiger charge is -2.16. The number of nitrogens with zero attached hydrogens (tertiary/aromatic N) is 3. The fourth-order valence-electron chi connectivity index (χ4n) is 2.77. The number of nitrogens with one attached hydrogen (secondary N) is 1. The zero-order chi connectivity index (χ0) is 24.1. The Morgan fingerprint density at radius 1 is 1.21 bits per heavy atom. The second-order valence-electron chi connectivity index (χ2n) is 6.31. The first-order valence-corrected chi connectivity index (χ1v) is 9.45. The maximum atomic E-state index is 14.3. The van der Waals surface area contributed by atoms with Crippen molar-refractivity contribution in [3.05, 3.63) is 64.1 Å². The highest BCUT2D eigenvalue weighted by Gasteiger charge is 2.19. The molecule has 0 bridgehead atoms. The number of benzene rings is 2. The van der Waals surface area contributed by atoms with E-state index >= 15 is 0 Å². The van der Waals surface area contributed by atoms with Crippen LogP contribution in [0.5, 0.6) is 17.2 Å². The van der Waals surface area contributed by atoms with Crippen molar-refractivity contribution in [1.29, 1.82) is 5.26 Å². The lowest BCUT2D eigenvalue weighted by Crippen LogP contribution is -2.08. The molecule has 0 aliphatic heterocycles. The van der Waals surface area contributed by atoms with Crippen molar-refractivity contribution < 1.29 is 32.9 Å². The van der Waals surface area contributed by atoms with Crippen molar-refractivity contribution in [2.75, 3.05) is 19.5 Å². The molecular formula is C21H15ClF2N4O5. The first-order chi connectivity index (χ1) is 15.8. The SMILES string of the molecule is COc1cc(Cl)c(Nc2nc(C#N)ncc2C(=O)O)cc1OCc1c(OC)ccc(F)c1F. The van der Waals surface area contributed by atoms with Crippen LogP contribution in [0.15, 0.2) is 30.5 Å². The molecule has 1 aromatic heterocycles. The van der Waals surface area contributed by atoms with Crippen LogP contribution in [0, 0.1) is 23.0 Å². The van der Waals surface area contributed by atoms with Gasteiger partial charge in [-0.3, -0.25) is 0 Å². The Labute approximate surface area is 191 Å². The van der Waals surface area contributed by atoms with Gasteiger partial charge in [0.05, 0.1) is 30.5 Å². The van der Waals surface area contributed by atoms with Gasteiger partial charge in [-0.15, -0.1) is 0 Å². The Morgan fingerprint density at radius 3 is 2.58 bits per heavy atom. The number of hydrogen-bond acceptors (Lipinski definition) is 8. The highest BCUT2D eigenvalue weighted by molar-refractivity contribution is 6.33. The Balaban J connectivity index is 1.98. The molecule has 0 atom stereocenters. The maximum Gasteiger partial charge on any atom is 0.341 e. The molecule has 170 valence electrons. The van der Waals surface area contributed by atoms with Crippen molar-refractivity contribution >= 4 is 29.1 Å². The number of rotatable bonds is 8. The van der Waals surface area contributed by atoms with E-state index in [0.29, 0.717) is 0 Å². The van der Waals surface area contributed by atoms with E-state index in [1.54, 1.807) is 6.07 Å². The molecule has 0 aliphatic rings. The molecule has 0 unspecified atom stereocenters. The van der Waals surface area contributed by atoms with Crippen LogP contribution in [0.25, 0.3) is 0 Å². The number of anilines is 2. The third-order valence-electron chi connectivity index (χ3n) is 4.37. The van der Waals surface area contributed by atoms with E-state index < -0.39 is 24.2 Å². The van der Waals surface area contributed by atoms with Gasteiger partial charge in [-0.05, 0) is 12.1 Å². The number of carbonyl (C=O) groups is 1. The summed E-state index contributed by atoms with van der Waals surface area (Å²) in [5, 5.41) is 21.2. The zero-order valence-electron chi connectivity index (χ0n) is 17.1. The molecular weight excluding hydrogens is 462 g/mol. The van der Waals surface area contributed by atoms with E-state index in [-0.39, 0.29) is 50.7 Å². The van der Waals surface area contributed by atoms with E-state index in [2.05, 4.69) is 15.3 Å². The quantitative estimate of drug-likeness (QED) is 0.488. The van der Waals surface area contributed by atoms with E-state index in [1.807, 2.05) is 0 Å². The molecule has 0 saturated carbocycles. The summed E-state index contributed by atoms with van der Waals surface area (Å²) in [6.07, 6.45) is 0.976. The summed E-state index contributed by atoms with van der Waals surface area (Å²) in [6, 6.07) is 6.62. The Bertz CT molecular complexity index is 1270. The number of nitriles is 1.